The zero-order chi connectivity index (χ0) is 19.7. The van der Waals surface area contributed by atoms with Gasteiger partial charge in [0.05, 0.1) is 6.42 Å². The number of carboxylic acid groups (broad SMARTS) is 1. The van der Waals surface area contributed by atoms with Crippen LogP contribution in [-0.2, 0) is 9.59 Å². The second-order valence-electron chi connectivity index (χ2n) is 6.86. The smallest absolute Gasteiger partial charge is 0.303 e. The summed E-state index contributed by atoms with van der Waals surface area (Å²) in [6.07, 6.45) is -0.202. The lowest BCUT2D eigenvalue weighted by Crippen LogP contribution is -2.44. The Labute approximate surface area is 161 Å². The topological polar surface area (TPSA) is 102 Å². The van der Waals surface area contributed by atoms with Crippen LogP contribution in [0.25, 0.3) is 10.9 Å². The highest BCUT2D eigenvalue weighted by Crippen LogP contribution is 2.27. The molecule has 142 valence electrons. The van der Waals surface area contributed by atoms with Crippen LogP contribution in [0.2, 0.25) is 0 Å². The third-order valence-electron chi connectivity index (χ3n) is 4.99. The average Bonchev–Trinajstić information content (AvgIpc) is 3.25. The van der Waals surface area contributed by atoms with E-state index in [4.69, 9.17) is 0 Å². The van der Waals surface area contributed by atoms with Crippen molar-refractivity contribution in [3.8, 4) is 0 Å². The standard InChI is InChI=1S/C21H19N3O4/c25-18(26)11-14-12-24(15-7-2-1-3-8-15)21(28)19(14)23-20(27)17-10-13-6-4-5-9-16(13)22-17/h1-10,14,19,22H,11-12H2,(H,23,27)(H,25,26)/t14-,19-/m0/s1. The quantitative estimate of drug-likeness (QED) is 0.635. The summed E-state index contributed by atoms with van der Waals surface area (Å²) < 4.78 is 0. The molecule has 4 rings (SSSR count). The van der Waals surface area contributed by atoms with E-state index in [1.54, 1.807) is 18.2 Å². The van der Waals surface area contributed by atoms with E-state index in [2.05, 4.69) is 10.3 Å². The first-order valence-electron chi connectivity index (χ1n) is 9.00. The Balaban J connectivity index is 1.58. The average molecular weight is 377 g/mol. The Kier molecular flexibility index (Phi) is 4.57. The zero-order valence-corrected chi connectivity index (χ0v) is 15.0. The van der Waals surface area contributed by atoms with Crippen molar-refractivity contribution in [3.63, 3.8) is 0 Å². The van der Waals surface area contributed by atoms with Crippen LogP contribution in [0.4, 0.5) is 5.69 Å². The molecular weight excluding hydrogens is 358 g/mol. The molecule has 2 amide bonds. The third kappa shape index (κ3) is 3.34. The van der Waals surface area contributed by atoms with Gasteiger partial charge in [0.25, 0.3) is 5.91 Å². The van der Waals surface area contributed by atoms with Gasteiger partial charge in [0.1, 0.15) is 11.7 Å². The number of nitrogens with zero attached hydrogens (tertiary/aromatic N) is 1. The van der Waals surface area contributed by atoms with Gasteiger partial charge in [-0.15, -0.1) is 0 Å². The van der Waals surface area contributed by atoms with Gasteiger partial charge in [0, 0.05) is 29.1 Å². The summed E-state index contributed by atoms with van der Waals surface area (Å²) in [4.78, 5) is 41.5. The molecule has 7 nitrogen and oxygen atoms in total. The Morgan fingerprint density at radius 3 is 2.54 bits per heavy atom. The maximum atomic E-state index is 12.9. The Bertz CT molecular complexity index is 1010. The van der Waals surface area contributed by atoms with E-state index in [-0.39, 0.29) is 18.9 Å². The van der Waals surface area contributed by atoms with E-state index in [0.29, 0.717) is 11.4 Å². The van der Waals surface area contributed by atoms with Gasteiger partial charge in [-0.05, 0) is 24.3 Å². The molecule has 28 heavy (non-hydrogen) atoms. The van der Waals surface area contributed by atoms with Crippen molar-refractivity contribution in [1.82, 2.24) is 10.3 Å². The number of aromatic nitrogens is 1. The first kappa shape index (κ1) is 17.8. The molecule has 0 saturated carbocycles. The molecule has 1 aliphatic rings. The Morgan fingerprint density at radius 2 is 1.82 bits per heavy atom. The molecule has 1 fully saturated rings. The van der Waals surface area contributed by atoms with Crippen molar-refractivity contribution in [1.29, 1.82) is 0 Å². The van der Waals surface area contributed by atoms with Gasteiger partial charge in [-0.1, -0.05) is 36.4 Å². The monoisotopic (exact) mass is 377 g/mol. The minimum absolute atomic E-state index is 0.202. The summed E-state index contributed by atoms with van der Waals surface area (Å²) in [5.74, 6) is -2.25. The number of hydrogen-bond donors (Lipinski definition) is 3. The summed E-state index contributed by atoms with van der Waals surface area (Å²) in [5, 5.41) is 12.9. The molecule has 0 unspecified atom stereocenters. The number of nitrogens with one attached hydrogen (secondary N) is 2. The van der Waals surface area contributed by atoms with Gasteiger partial charge in [0.2, 0.25) is 5.91 Å². The summed E-state index contributed by atoms with van der Waals surface area (Å²) in [7, 11) is 0. The predicted octanol–water partition coefficient (Wildman–Crippen LogP) is 2.40. The fraction of sp³-hybridized carbons (Fsp3) is 0.190. The van der Waals surface area contributed by atoms with Crippen molar-refractivity contribution in [3.05, 3.63) is 66.4 Å². The predicted molar refractivity (Wildman–Crippen MR) is 104 cm³/mol. The fourth-order valence-electron chi connectivity index (χ4n) is 3.64. The molecule has 0 spiro atoms. The van der Waals surface area contributed by atoms with Crippen LogP contribution < -0.4 is 10.2 Å². The van der Waals surface area contributed by atoms with Crippen LogP contribution in [0.15, 0.2) is 60.7 Å². The van der Waals surface area contributed by atoms with Crippen LogP contribution in [0, 0.1) is 5.92 Å². The number of carboxylic acids is 1. The van der Waals surface area contributed by atoms with Crippen molar-refractivity contribution >= 4 is 34.4 Å². The molecule has 1 aromatic heterocycles. The number of rotatable bonds is 5. The summed E-state index contributed by atoms with van der Waals surface area (Å²) >= 11 is 0. The van der Waals surface area contributed by atoms with Crippen LogP contribution in [0.3, 0.4) is 0 Å². The molecule has 0 radical (unpaired) electrons. The zero-order valence-electron chi connectivity index (χ0n) is 15.0. The molecule has 1 aliphatic heterocycles. The van der Waals surface area contributed by atoms with E-state index in [0.717, 1.165) is 10.9 Å². The summed E-state index contributed by atoms with van der Waals surface area (Å²) in [6.45, 7) is 0.243. The van der Waals surface area contributed by atoms with Crippen molar-refractivity contribution in [2.75, 3.05) is 11.4 Å². The number of hydrogen-bond acceptors (Lipinski definition) is 3. The number of anilines is 1. The molecule has 2 atom stereocenters. The molecule has 3 N–H and O–H groups in total. The van der Waals surface area contributed by atoms with E-state index < -0.39 is 23.8 Å². The minimum atomic E-state index is -1.00. The molecule has 3 aromatic rings. The molecule has 0 bridgehead atoms. The van der Waals surface area contributed by atoms with Gasteiger partial charge in [-0.2, -0.15) is 0 Å². The van der Waals surface area contributed by atoms with Gasteiger partial charge < -0.3 is 20.3 Å². The highest BCUT2D eigenvalue weighted by Gasteiger charge is 2.43. The maximum Gasteiger partial charge on any atom is 0.303 e. The molecule has 2 aromatic carbocycles. The van der Waals surface area contributed by atoms with Gasteiger partial charge in [-0.3, -0.25) is 14.4 Å². The second kappa shape index (κ2) is 7.19. The molecule has 2 heterocycles. The lowest BCUT2D eigenvalue weighted by Gasteiger charge is -2.17. The van der Waals surface area contributed by atoms with E-state index in [1.165, 1.54) is 4.90 Å². The highest BCUT2D eigenvalue weighted by molar-refractivity contribution is 6.05. The SMILES string of the molecule is O=C(O)C[C@H]1CN(c2ccccc2)C(=O)[C@H]1NC(=O)c1cc2ccccc2[nH]1. The van der Waals surface area contributed by atoms with Gasteiger partial charge >= 0.3 is 5.97 Å². The Morgan fingerprint density at radius 1 is 1.11 bits per heavy atom. The number of benzene rings is 2. The van der Waals surface area contributed by atoms with E-state index >= 15 is 0 Å². The first-order valence-corrected chi connectivity index (χ1v) is 9.00. The third-order valence-corrected chi connectivity index (χ3v) is 4.99. The molecule has 0 aliphatic carbocycles. The van der Waals surface area contributed by atoms with Gasteiger partial charge in [-0.25, -0.2) is 0 Å². The summed E-state index contributed by atoms with van der Waals surface area (Å²) in [6, 6.07) is 17.3. The van der Waals surface area contributed by atoms with Crippen LogP contribution in [0.5, 0.6) is 0 Å². The molecule has 7 heteroatoms. The largest absolute Gasteiger partial charge is 0.481 e. The van der Waals surface area contributed by atoms with Crippen LogP contribution in [-0.4, -0.2) is 40.5 Å². The maximum absolute atomic E-state index is 12.9. The highest BCUT2D eigenvalue weighted by atomic mass is 16.4. The molecule has 1 saturated heterocycles. The van der Waals surface area contributed by atoms with Crippen molar-refractivity contribution < 1.29 is 19.5 Å². The second-order valence-corrected chi connectivity index (χ2v) is 6.86. The number of para-hydroxylation sites is 2. The number of carbonyl (C=O) groups is 3. The number of carbonyl (C=O) groups excluding carboxylic acids is 2. The van der Waals surface area contributed by atoms with Crippen LogP contribution in [0.1, 0.15) is 16.9 Å². The number of aromatic amines is 1. The van der Waals surface area contributed by atoms with Crippen molar-refractivity contribution in [2.45, 2.75) is 12.5 Å². The van der Waals surface area contributed by atoms with E-state index in [1.807, 2.05) is 42.5 Å². The fourth-order valence-corrected chi connectivity index (χ4v) is 3.64. The van der Waals surface area contributed by atoms with Gasteiger partial charge in [0.15, 0.2) is 0 Å². The number of amides is 2. The minimum Gasteiger partial charge on any atom is -0.481 e. The molecular formula is C21H19N3O4. The number of aliphatic carboxylic acids is 1. The van der Waals surface area contributed by atoms with Crippen LogP contribution >= 0.6 is 0 Å². The number of H-pyrrole nitrogens is 1. The number of fused-ring (bicyclic) bond motifs is 1. The van der Waals surface area contributed by atoms with E-state index in [9.17, 15) is 19.5 Å². The normalized spacial score (nSPS) is 19.1. The lowest BCUT2D eigenvalue weighted by molar-refractivity contribution is -0.138. The first-order chi connectivity index (χ1) is 13.5. The van der Waals surface area contributed by atoms with Crippen molar-refractivity contribution in [2.24, 2.45) is 5.92 Å². The lowest BCUT2D eigenvalue weighted by atomic mass is 9.99. The Hall–Kier alpha value is -3.61. The summed E-state index contributed by atoms with van der Waals surface area (Å²) in [5.41, 5.74) is 1.84.